The molecule has 1 saturated heterocycles. The second-order valence-electron chi connectivity index (χ2n) is 6.84. The molecule has 1 aliphatic heterocycles. The molecule has 0 aliphatic carbocycles. The van der Waals surface area contributed by atoms with Crippen molar-refractivity contribution in [3.05, 3.63) is 52.6 Å². The molecule has 3 rings (SSSR count). The molecule has 0 unspecified atom stereocenters. The van der Waals surface area contributed by atoms with Crippen LogP contribution in [-0.4, -0.2) is 49.0 Å². The van der Waals surface area contributed by atoms with Crippen LogP contribution in [0.15, 0.2) is 41.2 Å². The molecule has 2 aromatic rings. The molecule has 150 valence electrons. The number of piperidine rings is 1. The minimum atomic E-state index is -0.431. The van der Waals surface area contributed by atoms with Gasteiger partial charge in [-0.2, -0.15) is 4.68 Å². The zero-order chi connectivity index (χ0) is 19.9. The molecular formula is C20H25FN4O3. The molecule has 1 atom stereocenters. The van der Waals surface area contributed by atoms with Gasteiger partial charge in [-0.15, -0.1) is 5.10 Å². The fourth-order valence-electron chi connectivity index (χ4n) is 3.33. The molecule has 8 heteroatoms. The van der Waals surface area contributed by atoms with Crippen LogP contribution >= 0.6 is 0 Å². The summed E-state index contributed by atoms with van der Waals surface area (Å²) in [6.07, 6.45) is 2.45. The number of carbonyl (C=O) groups excluding carboxylic acids is 1. The van der Waals surface area contributed by atoms with Gasteiger partial charge in [0, 0.05) is 39.4 Å². The number of nitrogens with one attached hydrogen (secondary N) is 1. The van der Waals surface area contributed by atoms with Gasteiger partial charge in [-0.3, -0.25) is 9.59 Å². The third-order valence-electron chi connectivity index (χ3n) is 4.78. The van der Waals surface area contributed by atoms with E-state index in [-0.39, 0.29) is 17.4 Å². The van der Waals surface area contributed by atoms with E-state index in [1.54, 1.807) is 19.2 Å². The molecule has 1 aromatic heterocycles. The van der Waals surface area contributed by atoms with Crippen molar-refractivity contribution in [2.75, 3.05) is 38.3 Å². The highest BCUT2D eigenvalue weighted by atomic mass is 19.1. The van der Waals surface area contributed by atoms with E-state index >= 15 is 0 Å². The minimum absolute atomic E-state index is 0.0271. The number of carbonyl (C=O) groups is 1. The Bertz CT molecular complexity index is 871. The molecule has 0 saturated carbocycles. The van der Waals surface area contributed by atoms with Crippen molar-refractivity contribution in [3.63, 3.8) is 0 Å². The largest absolute Gasteiger partial charge is 0.385 e. The van der Waals surface area contributed by atoms with Crippen LogP contribution in [0.1, 0.15) is 19.3 Å². The van der Waals surface area contributed by atoms with Gasteiger partial charge in [-0.1, -0.05) is 6.07 Å². The summed E-state index contributed by atoms with van der Waals surface area (Å²) in [5.41, 5.74) is 0.0371. The Labute approximate surface area is 163 Å². The number of aromatic nitrogens is 2. The van der Waals surface area contributed by atoms with Gasteiger partial charge in [0.1, 0.15) is 11.6 Å². The van der Waals surface area contributed by atoms with Gasteiger partial charge < -0.3 is 15.0 Å². The fraction of sp³-hybridized carbons (Fsp3) is 0.450. The number of rotatable bonds is 7. The lowest BCUT2D eigenvalue weighted by atomic mass is 9.97. The lowest BCUT2D eigenvalue weighted by molar-refractivity contribution is -0.125. The maximum Gasteiger partial charge on any atom is 0.271 e. The number of ether oxygens (including phenoxy) is 1. The van der Waals surface area contributed by atoms with E-state index in [4.69, 9.17) is 4.74 Å². The van der Waals surface area contributed by atoms with Crippen LogP contribution in [0.2, 0.25) is 0 Å². The Balaban J connectivity index is 1.72. The predicted octanol–water partition coefficient (Wildman–Crippen LogP) is 1.74. The maximum atomic E-state index is 13.5. The Hall–Kier alpha value is -2.74. The Morgan fingerprint density at radius 2 is 2.21 bits per heavy atom. The van der Waals surface area contributed by atoms with Crippen molar-refractivity contribution >= 4 is 11.7 Å². The molecule has 28 heavy (non-hydrogen) atoms. The topological polar surface area (TPSA) is 76.5 Å². The second-order valence-corrected chi connectivity index (χ2v) is 6.84. The Morgan fingerprint density at radius 3 is 3.00 bits per heavy atom. The van der Waals surface area contributed by atoms with Crippen molar-refractivity contribution in [2.45, 2.75) is 19.3 Å². The molecule has 1 fully saturated rings. The lowest BCUT2D eigenvalue weighted by Gasteiger charge is -2.32. The van der Waals surface area contributed by atoms with E-state index in [1.807, 2.05) is 4.90 Å². The van der Waals surface area contributed by atoms with Gasteiger partial charge in [0.2, 0.25) is 5.91 Å². The van der Waals surface area contributed by atoms with Crippen LogP contribution in [0, 0.1) is 11.7 Å². The molecule has 1 N–H and O–H groups in total. The van der Waals surface area contributed by atoms with Crippen LogP contribution in [0.25, 0.3) is 5.69 Å². The molecule has 0 radical (unpaired) electrons. The third-order valence-corrected chi connectivity index (χ3v) is 4.78. The van der Waals surface area contributed by atoms with Gasteiger partial charge in [-0.05, 0) is 43.5 Å². The average Bonchev–Trinajstić information content (AvgIpc) is 2.71. The van der Waals surface area contributed by atoms with Gasteiger partial charge in [-0.25, -0.2) is 4.39 Å². The number of hydrogen-bond acceptors (Lipinski definition) is 5. The Morgan fingerprint density at radius 1 is 1.36 bits per heavy atom. The molecule has 2 heterocycles. The van der Waals surface area contributed by atoms with Crippen molar-refractivity contribution in [2.24, 2.45) is 5.92 Å². The second kappa shape index (κ2) is 9.45. The molecule has 0 bridgehead atoms. The van der Waals surface area contributed by atoms with Crippen molar-refractivity contribution in [1.29, 1.82) is 0 Å². The van der Waals surface area contributed by atoms with Crippen molar-refractivity contribution in [3.8, 4) is 5.69 Å². The van der Waals surface area contributed by atoms with E-state index in [0.717, 1.165) is 25.8 Å². The molecule has 1 aromatic carbocycles. The molecule has 7 nitrogen and oxygen atoms in total. The molecule has 0 spiro atoms. The van der Waals surface area contributed by atoms with Crippen molar-refractivity contribution in [1.82, 2.24) is 15.1 Å². The lowest BCUT2D eigenvalue weighted by Crippen LogP contribution is -2.44. The van der Waals surface area contributed by atoms with Crippen LogP contribution in [0.5, 0.6) is 0 Å². The SMILES string of the molecule is COCCCNC(=O)[C@@H]1CCCN(c2ccc(=O)n(-c3cccc(F)c3)n2)C1. The molecule has 1 aliphatic rings. The quantitative estimate of drug-likeness (QED) is 0.732. The number of amides is 1. The van der Waals surface area contributed by atoms with Crippen LogP contribution in [0.3, 0.4) is 0 Å². The average molecular weight is 388 g/mol. The standard InChI is InChI=1S/C20H25FN4O3/c1-28-12-4-10-22-20(27)15-5-3-11-24(14-15)18-8-9-19(26)25(23-18)17-7-2-6-16(21)13-17/h2,6-9,13,15H,3-5,10-12,14H2,1H3,(H,22,27)/t15-/m1/s1. The number of anilines is 1. The summed E-state index contributed by atoms with van der Waals surface area (Å²) in [7, 11) is 1.64. The van der Waals surface area contributed by atoms with E-state index in [2.05, 4.69) is 10.4 Å². The fourth-order valence-corrected chi connectivity index (χ4v) is 3.33. The highest BCUT2D eigenvalue weighted by Crippen LogP contribution is 2.21. The zero-order valence-corrected chi connectivity index (χ0v) is 15.9. The van der Waals surface area contributed by atoms with E-state index in [1.165, 1.54) is 28.9 Å². The van der Waals surface area contributed by atoms with Gasteiger partial charge in [0.15, 0.2) is 0 Å². The van der Waals surface area contributed by atoms with Crippen molar-refractivity contribution < 1.29 is 13.9 Å². The minimum Gasteiger partial charge on any atom is -0.385 e. The van der Waals surface area contributed by atoms with E-state index in [9.17, 15) is 14.0 Å². The van der Waals surface area contributed by atoms with Gasteiger partial charge in [0.05, 0.1) is 11.6 Å². The number of methoxy groups -OCH3 is 1. The summed E-state index contributed by atoms with van der Waals surface area (Å²) < 4.78 is 19.7. The Kier molecular flexibility index (Phi) is 6.76. The summed E-state index contributed by atoms with van der Waals surface area (Å²) in [6.45, 7) is 2.49. The highest BCUT2D eigenvalue weighted by molar-refractivity contribution is 5.79. The summed E-state index contributed by atoms with van der Waals surface area (Å²) in [5.74, 6) is 0.0624. The summed E-state index contributed by atoms with van der Waals surface area (Å²) in [5, 5.41) is 7.35. The maximum absolute atomic E-state index is 13.5. The smallest absolute Gasteiger partial charge is 0.271 e. The van der Waals surface area contributed by atoms with E-state index < -0.39 is 5.82 Å². The third kappa shape index (κ3) is 4.95. The first kappa shape index (κ1) is 20.0. The summed E-state index contributed by atoms with van der Waals surface area (Å²) in [6, 6.07) is 8.83. The van der Waals surface area contributed by atoms with Crippen LogP contribution < -0.4 is 15.8 Å². The van der Waals surface area contributed by atoms with Crippen LogP contribution in [0.4, 0.5) is 10.2 Å². The number of halogens is 1. The van der Waals surface area contributed by atoms with Gasteiger partial charge in [0.25, 0.3) is 5.56 Å². The number of benzene rings is 1. The number of hydrogen-bond donors (Lipinski definition) is 1. The van der Waals surface area contributed by atoms with E-state index in [0.29, 0.717) is 31.2 Å². The summed E-state index contributed by atoms with van der Waals surface area (Å²) in [4.78, 5) is 26.6. The highest BCUT2D eigenvalue weighted by Gasteiger charge is 2.26. The first-order chi connectivity index (χ1) is 13.6. The monoisotopic (exact) mass is 388 g/mol. The predicted molar refractivity (Wildman–Crippen MR) is 104 cm³/mol. The normalized spacial score (nSPS) is 16.8. The first-order valence-corrected chi connectivity index (χ1v) is 9.46. The molecular weight excluding hydrogens is 363 g/mol. The first-order valence-electron chi connectivity index (χ1n) is 9.46. The summed E-state index contributed by atoms with van der Waals surface area (Å²) >= 11 is 0. The zero-order valence-electron chi connectivity index (χ0n) is 15.9. The number of nitrogens with zero attached hydrogens (tertiary/aromatic N) is 3. The van der Waals surface area contributed by atoms with Crippen LogP contribution in [-0.2, 0) is 9.53 Å². The van der Waals surface area contributed by atoms with Gasteiger partial charge >= 0.3 is 0 Å². The molecule has 1 amide bonds.